The maximum atomic E-state index is 12.1. The van der Waals surface area contributed by atoms with E-state index < -0.39 is 16.7 Å². The normalized spacial score (nSPS) is 10.5. The molecule has 2 rings (SSSR count). The van der Waals surface area contributed by atoms with E-state index in [4.69, 9.17) is 4.74 Å². The van der Waals surface area contributed by atoms with Gasteiger partial charge < -0.3 is 10.1 Å². The summed E-state index contributed by atoms with van der Waals surface area (Å²) in [6.45, 7) is 3.73. The maximum Gasteiger partial charge on any atom is 0.273 e. The Morgan fingerprint density at radius 3 is 2.57 bits per heavy atom. The van der Waals surface area contributed by atoms with Crippen LogP contribution < -0.4 is 15.5 Å². The number of hydrogen-bond acceptors (Lipinski definition) is 6. The van der Waals surface area contributed by atoms with Crippen LogP contribution in [0.15, 0.2) is 47.6 Å². The summed E-state index contributed by atoms with van der Waals surface area (Å²) in [5, 5.41) is 17.1. The molecule has 0 saturated heterocycles. The zero-order valence-electron chi connectivity index (χ0n) is 15.5. The lowest BCUT2D eigenvalue weighted by Gasteiger charge is -2.05. The summed E-state index contributed by atoms with van der Waals surface area (Å²) in [6, 6.07) is 11.3. The van der Waals surface area contributed by atoms with Crippen LogP contribution in [0.4, 0.5) is 5.69 Å². The van der Waals surface area contributed by atoms with Crippen LogP contribution in [0, 0.1) is 17.0 Å². The van der Waals surface area contributed by atoms with Crippen molar-refractivity contribution in [3.05, 3.63) is 69.3 Å². The lowest BCUT2D eigenvalue weighted by molar-refractivity contribution is -0.385. The molecule has 0 aromatic heterocycles. The highest BCUT2D eigenvalue weighted by atomic mass is 16.6. The van der Waals surface area contributed by atoms with Crippen molar-refractivity contribution in [3.8, 4) is 5.75 Å². The predicted octanol–water partition coefficient (Wildman–Crippen LogP) is 2.18. The number of nitro groups is 1. The van der Waals surface area contributed by atoms with Crippen LogP contribution in [0.2, 0.25) is 0 Å². The Morgan fingerprint density at radius 1 is 1.21 bits per heavy atom. The van der Waals surface area contributed by atoms with Crippen molar-refractivity contribution >= 4 is 23.7 Å². The minimum absolute atomic E-state index is 0.1000. The maximum absolute atomic E-state index is 12.1. The van der Waals surface area contributed by atoms with Gasteiger partial charge in [0.05, 0.1) is 24.3 Å². The van der Waals surface area contributed by atoms with Crippen LogP contribution in [-0.2, 0) is 4.79 Å². The molecule has 9 heteroatoms. The van der Waals surface area contributed by atoms with Gasteiger partial charge in [-0.15, -0.1) is 0 Å². The number of amides is 2. The van der Waals surface area contributed by atoms with Gasteiger partial charge in [-0.05, 0) is 49.7 Å². The summed E-state index contributed by atoms with van der Waals surface area (Å²) in [7, 11) is 0. The second kappa shape index (κ2) is 9.81. The molecule has 0 aliphatic carbocycles. The monoisotopic (exact) mass is 384 g/mol. The molecule has 0 spiro atoms. The van der Waals surface area contributed by atoms with Gasteiger partial charge in [-0.3, -0.25) is 19.7 Å². The number of ether oxygens (including phenoxy) is 1. The molecule has 2 aromatic rings. The lowest BCUT2D eigenvalue weighted by atomic mass is 10.1. The molecule has 0 heterocycles. The van der Waals surface area contributed by atoms with E-state index in [-0.39, 0.29) is 17.8 Å². The van der Waals surface area contributed by atoms with Gasteiger partial charge >= 0.3 is 0 Å². The number of nitrogens with one attached hydrogen (secondary N) is 2. The van der Waals surface area contributed by atoms with Crippen LogP contribution >= 0.6 is 0 Å². The van der Waals surface area contributed by atoms with Crippen molar-refractivity contribution in [1.82, 2.24) is 10.7 Å². The molecule has 2 N–H and O–H groups in total. The molecule has 146 valence electrons. The van der Waals surface area contributed by atoms with E-state index in [0.717, 1.165) is 11.3 Å². The lowest BCUT2D eigenvalue weighted by Crippen LogP contribution is -2.34. The molecule has 0 bridgehead atoms. The zero-order valence-corrected chi connectivity index (χ0v) is 15.5. The summed E-state index contributed by atoms with van der Waals surface area (Å²) in [5.74, 6) is -0.381. The van der Waals surface area contributed by atoms with Gasteiger partial charge in [0.1, 0.15) is 5.75 Å². The van der Waals surface area contributed by atoms with Crippen molar-refractivity contribution in [1.29, 1.82) is 0 Å². The van der Waals surface area contributed by atoms with Crippen LogP contribution in [-0.4, -0.2) is 36.1 Å². The number of carbonyl (C=O) groups excluding carboxylic acids is 2. The highest BCUT2D eigenvalue weighted by Gasteiger charge is 2.15. The van der Waals surface area contributed by atoms with E-state index in [2.05, 4.69) is 15.8 Å². The summed E-state index contributed by atoms with van der Waals surface area (Å²) >= 11 is 0. The molecule has 2 aromatic carbocycles. The van der Waals surface area contributed by atoms with Gasteiger partial charge in [0.25, 0.3) is 17.5 Å². The zero-order chi connectivity index (χ0) is 20.5. The Kier molecular flexibility index (Phi) is 7.21. The number of benzene rings is 2. The van der Waals surface area contributed by atoms with E-state index in [1.54, 1.807) is 31.2 Å². The van der Waals surface area contributed by atoms with E-state index in [1.807, 2.05) is 6.92 Å². The van der Waals surface area contributed by atoms with E-state index in [9.17, 15) is 19.7 Å². The average Bonchev–Trinajstić information content (AvgIpc) is 2.68. The smallest absolute Gasteiger partial charge is 0.273 e. The average molecular weight is 384 g/mol. The Hall–Kier alpha value is -3.75. The van der Waals surface area contributed by atoms with Crippen molar-refractivity contribution in [2.24, 2.45) is 5.10 Å². The highest BCUT2D eigenvalue weighted by molar-refractivity contribution is 5.97. The number of rotatable bonds is 8. The number of nitro benzene ring substituents is 1. The first-order valence-electron chi connectivity index (χ1n) is 8.48. The molecule has 0 unspecified atom stereocenters. The number of hydrogen-bond donors (Lipinski definition) is 2. The fourth-order valence-electron chi connectivity index (χ4n) is 2.25. The number of hydrazone groups is 1. The van der Waals surface area contributed by atoms with Gasteiger partial charge in [0.15, 0.2) is 0 Å². The minimum Gasteiger partial charge on any atom is -0.494 e. The van der Waals surface area contributed by atoms with Crippen molar-refractivity contribution < 1.29 is 19.2 Å². The first-order chi connectivity index (χ1) is 13.4. The molecular formula is C19H20N4O5. The predicted molar refractivity (Wildman–Crippen MR) is 104 cm³/mol. The van der Waals surface area contributed by atoms with Gasteiger partial charge in [-0.2, -0.15) is 5.10 Å². The SMILES string of the molecule is CCOc1ccc(/C=N\NC(=O)CNC(=O)c2ccc(C)c([N+](=O)[O-])c2)cc1. The Labute approximate surface area is 161 Å². The second-order valence-corrected chi connectivity index (χ2v) is 5.74. The van der Waals surface area contributed by atoms with Crippen LogP contribution in [0.5, 0.6) is 5.75 Å². The number of aryl methyl sites for hydroxylation is 1. The molecule has 9 nitrogen and oxygen atoms in total. The third kappa shape index (κ3) is 5.90. The summed E-state index contributed by atoms with van der Waals surface area (Å²) in [4.78, 5) is 34.2. The van der Waals surface area contributed by atoms with E-state index >= 15 is 0 Å². The van der Waals surface area contributed by atoms with E-state index in [0.29, 0.717) is 12.2 Å². The van der Waals surface area contributed by atoms with Gasteiger partial charge in [0, 0.05) is 17.2 Å². The van der Waals surface area contributed by atoms with Crippen molar-refractivity contribution in [2.75, 3.05) is 13.2 Å². The second-order valence-electron chi connectivity index (χ2n) is 5.74. The standard InChI is InChI=1S/C19H20N4O5/c1-3-28-16-8-5-14(6-9-16)11-21-22-18(24)12-20-19(25)15-7-4-13(2)17(10-15)23(26)27/h4-11H,3,12H2,1-2H3,(H,20,25)(H,22,24)/b21-11-. The topological polar surface area (TPSA) is 123 Å². The molecule has 0 aliphatic rings. The van der Waals surface area contributed by atoms with Gasteiger partial charge in [0.2, 0.25) is 0 Å². The molecule has 0 radical (unpaired) electrons. The minimum atomic E-state index is -0.589. The van der Waals surface area contributed by atoms with Crippen LogP contribution in [0.25, 0.3) is 0 Å². The van der Waals surface area contributed by atoms with E-state index in [1.165, 1.54) is 24.4 Å². The Balaban J connectivity index is 1.84. The molecule has 0 fully saturated rings. The number of nitrogens with zero attached hydrogens (tertiary/aromatic N) is 2. The summed E-state index contributed by atoms with van der Waals surface area (Å²) in [6.07, 6.45) is 1.46. The summed E-state index contributed by atoms with van der Waals surface area (Å²) < 4.78 is 5.33. The molecule has 0 saturated carbocycles. The fourth-order valence-corrected chi connectivity index (χ4v) is 2.25. The van der Waals surface area contributed by atoms with Crippen LogP contribution in [0.3, 0.4) is 0 Å². The fraction of sp³-hybridized carbons (Fsp3) is 0.211. The highest BCUT2D eigenvalue weighted by Crippen LogP contribution is 2.19. The first-order valence-corrected chi connectivity index (χ1v) is 8.48. The number of carbonyl (C=O) groups is 2. The molecule has 0 aliphatic heterocycles. The molecule has 0 atom stereocenters. The van der Waals surface area contributed by atoms with Crippen molar-refractivity contribution in [3.63, 3.8) is 0 Å². The first kappa shape index (κ1) is 20.6. The summed E-state index contributed by atoms with van der Waals surface area (Å²) in [5.41, 5.74) is 3.45. The molecule has 2 amide bonds. The largest absolute Gasteiger partial charge is 0.494 e. The third-order valence-electron chi connectivity index (χ3n) is 3.67. The third-order valence-corrected chi connectivity index (χ3v) is 3.67. The van der Waals surface area contributed by atoms with Crippen LogP contribution in [0.1, 0.15) is 28.4 Å². The van der Waals surface area contributed by atoms with Gasteiger partial charge in [-0.1, -0.05) is 6.07 Å². The quantitative estimate of drug-likeness (QED) is 0.410. The Bertz CT molecular complexity index is 894. The Morgan fingerprint density at radius 2 is 1.93 bits per heavy atom. The van der Waals surface area contributed by atoms with Crippen molar-refractivity contribution in [2.45, 2.75) is 13.8 Å². The van der Waals surface area contributed by atoms with Gasteiger partial charge in [-0.25, -0.2) is 5.43 Å². The molecular weight excluding hydrogens is 364 g/mol. The molecule has 28 heavy (non-hydrogen) atoms.